The Morgan fingerprint density at radius 1 is 0.573 bits per heavy atom. The second-order valence-corrected chi connectivity index (χ2v) is 14.5. The second kappa shape index (κ2) is 40.3. The Hall–Kier alpha value is -8.23. The number of carbonyl (C=O) groups is 11. The first kappa shape index (κ1) is 73.3. The quantitative estimate of drug-likeness (QED) is 0.0107. The fraction of sp³-hybridized carbons (Fsp3) is 0.475. The van der Waals surface area contributed by atoms with Crippen molar-refractivity contribution in [3.05, 3.63) is 36.4 Å². The summed E-state index contributed by atoms with van der Waals surface area (Å²) in [5.41, 5.74) is 0. The molecule has 2 aromatic rings. The summed E-state index contributed by atoms with van der Waals surface area (Å²) >= 11 is 0. The predicted octanol–water partition coefficient (Wildman–Crippen LogP) is -4.09. The Morgan fingerprint density at radius 2 is 0.947 bits per heavy atom. The minimum atomic E-state index is -1.77. The monoisotopic (exact) mass is 1170 g/mol. The van der Waals surface area contributed by atoms with Gasteiger partial charge in [0.05, 0.1) is 13.1 Å². The fourth-order valence-electron chi connectivity index (χ4n) is 6.06. The molecule has 0 aliphatic carbocycles. The number of unbranched alkanes of at least 4 members (excludes halogenated alkanes) is 1. The zero-order valence-corrected chi connectivity index (χ0v) is 41.8. The molecule has 1 radical (unpaired) electrons. The first-order chi connectivity index (χ1) is 34.4. The summed E-state index contributed by atoms with van der Waals surface area (Å²) < 4.78 is 2.63. The van der Waals surface area contributed by atoms with Gasteiger partial charge in [-0.25, -0.2) is 29.1 Å². The Morgan fingerprint density at radius 3 is 1.28 bits per heavy atom. The average molecular weight is 1180 g/mol. The molecule has 3 unspecified atom stereocenters. The molecule has 3 atom stereocenters. The third kappa shape index (κ3) is 31.1. The van der Waals surface area contributed by atoms with Gasteiger partial charge in [0.25, 0.3) is 0 Å². The van der Waals surface area contributed by atoms with Gasteiger partial charge in [0.15, 0.2) is 0 Å². The molecule has 0 spiro atoms. The maximum Gasteiger partial charge on any atom is 4.00 e. The van der Waals surface area contributed by atoms with Crippen molar-refractivity contribution < 1.29 is 133 Å². The number of aromatic nitrogens is 4. The molecule has 0 fully saturated rings. The van der Waals surface area contributed by atoms with Crippen LogP contribution in [0.3, 0.4) is 0 Å². The van der Waals surface area contributed by atoms with Crippen LogP contribution in [0.2, 0.25) is 0 Å². The number of hydrogen-bond acceptors (Lipinski definition) is 19. The van der Waals surface area contributed by atoms with E-state index in [9.17, 15) is 93.6 Å². The van der Waals surface area contributed by atoms with Crippen molar-refractivity contribution >= 4 is 104 Å². The standard InChI is InChI=1S/C37H50N10O20.3CHO.ClH.Tc/c48-26(6-4-22(35(63)64)41-37(67)42-23(36(65)66)5-7-29(51)52)40-21(34(61)62)3-1-2-10-43(13-24-38-8-11-44(24)15-27(49)46(17-30(53)54)18-31(55)56)14-25-39-9-12-45(25)16-28(50)47(19-32(57)58)20-33(59)60;3*1-2;;/h8-9,11-12,21-23H,1-7,10,13-20H2,(H,40,48)(H,51,52)(H,53,54)(H,55,56)(H,57,58)(H,59,60)(H,61,62)(H,63,64)(H,65,66)(H2,41,42,67);3*1H;1H;/q;3*-1;;+4/p-1. The Kier molecular flexibility index (Phi) is 39.4. The fourth-order valence-corrected chi connectivity index (χ4v) is 6.06. The Labute approximate surface area is 444 Å². The van der Waals surface area contributed by atoms with Crippen LogP contribution in [0.1, 0.15) is 56.6 Å². The molecule has 10 N–H and O–H groups in total. The number of nitrogens with one attached hydrogen (secondary N) is 2. The average Bonchev–Trinajstić information content (AvgIpc) is 3.95. The third-order valence-corrected chi connectivity index (χ3v) is 9.24. The Bertz CT molecular complexity index is 2100. The molecule has 0 aliphatic heterocycles. The molecule has 415 valence electrons. The topological polar surface area (TPSA) is 506 Å². The predicted molar refractivity (Wildman–Crippen MR) is 243 cm³/mol. The number of aliphatic carboxylic acids is 8. The molecule has 33 nitrogen and oxygen atoms in total. The van der Waals surface area contributed by atoms with Crippen molar-refractivity contribution in [1.29, 1.82) is 0 Å². The number of aliphatic imine (C=N–C) groups is 1. The molecular weight excluding hydrogens is 1120 g/mol. The largest absolute Gasteiger partial charge is 4.00 e. The van der Waals surface area contributed by atoms with E-state index in [4.69, 9.17) is 19.5 Å². The van der Waals surface area contributed by atoms with Crippen molar-refractivity contribution in [2.75, 3.05) is 32.7 Å². The van der Waals surface area contributed by atoms with Crippen LogP contribution in [-0.2, 0) is 109 Å². The number of carboxylic acid groups (broad SMARTS) is 8. The minimum Gasteiger partial charge on any atom is -0.862 e. The van der Waals surface area contributed by atoms with Gasteiger partial charge < -0.3 is 89.9 Å². The van der Waals surface area contributed by atoms with Gasteiger partial charge in [0.1, 0.15) is 69.0 Å². The molecule has 2 rings (SSSR count). The number of urea groups is 1. The maximum atomic E-state index is 13.0. The minimum absolute atomic E-state index is 0. The summed E-state index contributed by atoms with van der Waals surface area (Å²) in [5, 5.41) is 90.8. The van der Waals surface area contributed by atoms with Crippen molar-refractivity contribution in [2.45, 2.75) is 89.3 Å². The van der Waals surface area contributed by atoms with Crippen molar-refractivity contribution in [1.82, 2.24) is 44.4 Å². The number of amides is 4. The Balaban J connectivity index is -0.00000303. The number of imidazole rings is 2. The molecule has 2 aromatic heterocycles. The molecule has 0 aromatic carbocycles. The van der Waals surface area contributed by atoms with Gasteiger partial charge in [0.2, 0.25) is 11.8 Å². The summed E-state index contributed by atoms with van der Waals surface area (Å²) in [6.45, 7) is 4.89. The third-order valence-electron chi connectivity index (χ3n) is 9.24. The van der Waals surface area contributed by atoms with Gasteiger partial charge in [-0.1, -0.05) is 0 Å². The van der Waals surface area contributed by atoms with Crippen LogP contribution in [-0.4, -0.2) is 217 Å². The van der Waals surface area contributed by atoms with E-state index in [0.29, 0.717) is 9.80 Å². The summed E-state index contributed by atoms with van der Waals surface area (Å²) in [6, 6.07) is -6.38. The first-order valence-corrected chi connectivity index (χ1v) is 20.5. The van der Waals surface area contributed by atoms with Crippen molar-refractivity contribution in [2.24, 2.45) is 4.99 Å². The zero-order valence-electron chi connectivity index (χ0n) is 39.2. The van der Waals surface area contributed by atoms with Crippen LogP contribution in [0.25, 0.3) is 0 Å². The number of rotatable bonds is 33. The van der Waals surface area contributed by atoms with E-state index in [2.05, 4.69) is 35.3 Å². The van der Waals surface area contributed by atoms with Crippen LogP contribution < -0.4 is 15.7 Å². The van der Waals surface area contributed by atoms with E-state index in [-0.39, 0.29) is 83.1 Å². The van der Waals surface area contributed by atoms with Crippen molar-refractivity contribution in [3.8, 4) is 0 Å². The van der Waals surface area contributed by atoms with Gasteiger partial charge in [0, 0.05) is 31.2 Å². The summed E-state index contributed by atoms with van der Waals surface area (Å²) in [6.07, 6.45) is 2.93. The van der Waals surface area contributed by atoms with Gasteiger partial charge in [-0.15, -0.1) is 12.4 Å². The normalized spacial score (nSPS) is 11.4. The SMILES string of the molecule is Cl.O=C(O)CCC(NC(=O)NC(CCC([O-])=NC(CCCCN(Cc1nccn1CC(=O)N(CC(=O)O)CC(=O)O)Cc1nccn1CC(=O)N(CC(=O)O)CC(=O)O)C(=O)O)C(=O)O)C(=O)O.[CH-]=O.[CH-]=O.[CH-]=O.[Tc+4]. The van der Waals surface area contributed by atoms with Crippen molar-refractivity contribution in [3.63, 3.8) is 0 Å². The maximum absolute atomic E-state index is 13.0. The summed E-state index contributed by atoms with van der Waals surface area (Å²) in [4.78, 5) is 168. The smallest absolute Gasteiger partial charge is 0.862 e. The number of carboxylic acids is 8. The van der Waals surface area contributed by atoms with Gasteiger partial charge in [-0.3, -0.25) is 63.8 Å². The molecular formula is C40H53ClN10O23Tc. The molecule has 0 saturated carbocycles. The number of carbonyl (C=O) groups excluding carboxylic acids is 6. The number of nitrogens with zero attached hydrogens (tertiary/aromatic N) is 8. The zero-order chi connectivity index (χ0) is 56.4. The van der Waals surface area contributed by atoms with Crippen LogP contribution >= 0.6 is 12.4 Å². The molecule has 0 bridgehead atoms. The van der Waals surface area contributed by atoms with E-state index >= 15 is 0 Å². The molecule has 4 amide bonds. The van der Waals surface area contributed by atoms with Gasteiger partial charge in [-0.05, 0) is 51.0 Å². The van der Waals surface area contributed by atoms with Crippen LogP contribution in [0.4, 0.5) is 4.79 Å². The van der Waals surface area contributed by atoms with E-state index in [0.717, 1.165) is 0 Å². The van der Waals surface area contributed by atoms with Crippen LogP contribution in [0, 0.1) is 0 Å². The van der Waals surface area contributed by atoms with E-state index in [1.54, 1.807) is 4.90 Å². The van der Waals surface area contributed by atoms with Crippen LogP contribution in [0.15, 0.2) is 29.8 Å². The number of halogens is 1. The van der Waals surface area contributed by atoms with E-state index < -0.39 is 155 Å². The molecule has 35 heteroatoms. The molecule has 75 heavy (non-hydrogen) atoms. The first-order valence-electron chi connectivity index (χ1n) is 20.5. The molecule has 2 heterocycles. The number of hydrogen-bond donors (Lipinski definition) is 10. The summed E-state index contributed by atoms with van der Waals surface area (Å²) in [7, 11) is 0. The summed E-state index contributed by atoms with van der Waals surface area (Å²) in [5.74, 6) is -14.4. The molecule has 0 aliphatic rings. The van der Waals surface area contributed by atoms with E-state index in [1.807, 2.05) is 10.6 Å². The molecule has 0 saturated heterocycles. The van der Waals surface area contributed by atoms with Gasteiger partial charge >= 0.3 is 73.9 Å². The van der Waals surface area contributed by atoms with Gasteiger partial charge in [-0.2, -0.15) is 0 Å². The van der Waals surface area contributed by atoms with Crippen LogP contribution in [0.5, 0.6) is 0 Å². The van der Waals surface area contributed by atoms with E-state index in [1.165, 1.54) is 33.9 Å². The second-order valence-electron chi connectivity index (χ2n) is 14.5.